The van der Waals surface area contributed by atoms with E-state index >= 15 is 0 Å². The Labute approximate surface area is 217 Å². The number of carbonyl (C=O) groups excluding carboxylic acids is 1. The molecular weight excluding hydrogens is 501 g/mol. The van der Waals surface area contributed by atoms with Gasteiger partial charge < -0.3 is 20.5 Å². The fourth-order valence-corrected chi connectivity index (χ4v) is 4.30. The number of nitrogens with zero attached hydrogens (tertiary/aromatic N) is 2. The molecule has 8 nitrogen and oxygen atoms in total. The van der Waals surface area contributed by atoms with Gasteiger partial charge in [0.2, 0.25) is 0 Å². The van der Waals surface area contributed by atoms with Crippen molar-refractivity contribution in [2.24, 2.45) is 0 Å². The summed E-state index contributed by atoms with van der Waals surface area (Å²) in [7, 11) is 0. The highest BCUT2D eigenvalue weighted by atomic mass is 19.4. The summed E-state index contributed by atoms with van der Waals surface area (Å²) < 4.78 is 45.4. The summed E-state index contributed by atoms with van der Waals surface area (Å²) in [5.74, 6) is 0.400. The van der Waals surface area contributed by atoms with Gasteiger partial charge in [0.1, 0.15) is 11.5 Å². The van der Waals surface area contributed by atoms with Crippen molar-refractivity contribution in [3.8, 4) is 11.1 Å². The first kappa shape index (κ1) is 27.1. The van der Waals surface area contributed by atoms with Gasteiger partial charge in [-0.3, -0.25) is 4.79 Å². The number of nitrogens with one attached hydrogen (secondary N) is 2. The van der Waals surface area contributed by atoms with E-state index in [0.717, 1.165) is 30.5 Å². The monoisotopic (exact) mass is 528 g/mol. The summed E-state index contributed by atoms with van der Waals surface area (Å²) in [5, 5.41) is 14.0. The molecule has 1 atom stereocenters. The van der Waals surface area contributed by atoms with Gasteiger partial charge in [0.05, 0.1) is 11.6 Å². The maximum atomic E-state index is 13.3. The fraction of sp³-hybridized carbons (Fsp3) is 0.333. The highest BCUT2D eigenvalue weighted by Gasteiger charge is 2.31. The minimum atomic E-state index is -4.54. The Morgan fingerprint density at radius 1 is 1.11 bits per heavy atom. The molecule has 2 aromatic carbocycles. The van der Waals surface area contributed by atoms with Crippen LogP contribution in [0.25, 0.3) is 11.1 Å². The van der Waals surface area contributed by atoms with Crippen LogP contribution in [0.2, 0.25) is 0 Å². The number of carbonyl (C=O) groups is 2. The predicted molar refractivity (Wildman–Crippen MR) is 132 cm³/mol. The summed E-state index contributed by atoms with van der Waals surface area (Å²) >= 11 is 0. The third-order valence-corrected chi connectivity index (χ3v) is 6.43. The van der Waals surface area contributed by atoms with Crippen molar-refractivity contribution in [3.05, 3.63) is 82.9 Å². The molecule has 0 aliphatic carbocycles. The van der Waals surface area contributed by atoms with Crippen molar-refractivity contribution in [2.75, 3.05) is 13.2 Å². The number of hydrogen-bond acceptors (Lipinski definition) is 5. The maximum absolute atomic E-state index is 13.3. The number of halogens is 3. The van der Waals surface area contributed by atoms with E-state index in [4.69, 9.17) is 9.84 Å². The van der Waals surface area contributed by atoms with Crippen LogP contribution in [0.15, 0.2) is 54.7 Å². The number of carboxylic acid groups (broad SMARTS) is 1. The van der Waals surface area contributed by atoms with Crippen molar-refractivity contribution in [1.82, 2.24) is 20.6 Å². The molecule has 0 bridgehead atoms. The lowest BCUT2D eigenvalue weighted by Gasteiger charge is -2.21. The molecule has 38 heavy (non-hydrogen) atoms. The molecule has 1 aromatic heterocycles. The topological polar surface area (TPSA) is 113 Å². The zero-order valence-corrected chi connectivity index (χ0v) is 20.6. The third-order valence-electron chi connectivity index (χ3n) is 6.43. The highest BCUT2D eigenvalue weighted by Crippen LogP contribution is 2.34. The van der Waals surface area contributed by atoms with Crippen LogP contribution in [0, 0.1) is 0 Å². The molecule has 200 valence electrons. The van der Waals surface area contributed by atoms with Gasteiger partial charge in [0.15, 0.2) is 0 Å². The number of alkyl halides is 3. The number of ether oxygens (including phenoxy) is 1. The van der Waals surface area contributed by atoms with E-state index in [9.17, 15) is 22.8 Å². The number of hydrogen-bond donors (Lipinski definition) is 3. The lowest BCUT2D eigenvalue weighted by molar-refractivity contribution is -0.137. The normalized spacial score (nSPS) is 15.1. The van der Waals surface area contributed by atoms with Crippen molar-refractivity contribution < 1.29 is 32.6 Å². The maximum Gasteiger partial charge on any atom is 0.416 e. The summed E-state index contributed by atoms with van der Waals surface area (Å²) in [5.41, 5.74) is 1.30. The average Bonchev–Trinajstić information content (AvgIpc) is 2.92. The molecular formula is C27H27F3N4O4. The van der Waals surface area contributed by atoms with Crippen molar-refractivity contribution in [1.29, 1.82) is 0 Å². The van der Waals surface area contributed by atoms with E-state index < -0.39 is 23.9 Å². The lowest BCUT2D eigenvalue weighted by Crippen LogP contribution is -2.28. The van der Waals surface area contributed by atoms with Crippen LogP contribution in [-0.2, 0) is 17.5 Å². The van der Waals surface area contributed by atoms with E-state index in [1.54, 1.807) is 43.5 Å². The predicted octanol–water partition coefficient (Wildman–Crippen LogP) is 5.32. The van der Waals surface area contributed by atoms with Gasteiger partial charge in [-0.2, -0.15) is 13.2 Å². The smallest absolute Gasteiger partial charge is 0.416 e. The molecule has 1 aliphatic heterocycles. The number of amides is 2. The number of aromatic nitrogens is 2. The first-order valence-electron chi connectivity index (χ1n) is 12.1. The van der Waals surface area contributed by atoms with E-state index in [0.29, 0.717) is 30.2 Å². The molecule has 0 unspecified atom stereocenters. The Morgan fingerprint density at radius 3 is 2.47 bits per heavy atom. The second-order valence-electron chi connectivity index (χ2n) is 9.03. The van der Waals surface area contributed by atoms with E-state index in [2.05, 4.69) is 20.6 Å². The molecule has 2 heterocycles. The second kappa shape index (κ2) is 11.6. The highest BCUT2D eigenvalue weighted by molar-refractivity contribution is 5.92. The van der Waals surface area contributed by atoms with Crippen LogP contribution in [-0.4, -0.2) is 40.3 Å². The van der Waals surface area contributed by atoms with Crippen molar-refractivity contribution in [3.63, 3.8) is 0 Å². The quantitative estimate of drug-likeness (QED) is 0.383. The van der Waals surface area contributed by atoms with E-state index in [1.807, 2.05) is 0 Å². The van der Waals surface area contributed by atoms with Crippen LogP contribution < -0.4 is 10.6 Å². The van der Waals surface area contributed by atoms with Crippen LogP contribution in [0.1, 0.15) is 64.7 Å². The molecule has 0 spiro atoms. The average molecular weight is 529 g/mol. The van der Waals surface area contributed by atoms with Crippen LogP contribution in [0.5, 0.6) is 0 Å². The molecule has 4 rings (SSSR count). The van der Waals surface area contributed by atoms with Gasteiger partial charge in [-0.05, 0) is 60.2 Å². The second-order valence-corrected chi connectivity index (χ2v) is 9.03. The van der Waals surface area contributed by atoms with Gasteiger partial charge >= 0.3 is 12.3 Å². The van der Waals surface area contributed by atoms with Gasteiger partial charge in [-0.15, -0.1) is 0 Å². The molecule has 11 heteroatoms. The van der Waals surface area contributed by atoms with E-state index in [1.165, 1.54) is 6.07 Å². The fourth-order valence-electron chi connectivity index (χ4n) is 4.30. The SMILES string of the molecule is C[C@@H](NC(=O)c1ccnc(C2CCOCC2)n1)c1ccc(-c2cc(C(F)(F)F)ccc2CNC(=O)O)cc1. The first-order chi connectivity index (χ1) is 18.1. The van der Waals surface area contributed by atoms with Gasteiger partial charge in [0, 0.05) is 31.9 Å². The minimum Gasteiger partial charge on any atom is -0.465 e. The Hall–Kier alpha value is -3.99. The van der Waals surface area contributed by atoms with E-state index in [-0.39, 0.29) is 29.6 Å². The van der Waals surface area contributed by atoms with Crippen molar-refractivity contribution >= 4 is 12.0 Å². The summed E-state index contributed by atoms with van der Waals surface area (Å²) in [6.07, 6.45) is -2.66. The first-order valence-corrected chi connectivity index (χ1v) is 12.1. The Morgan fingerprint density at radius 2 is 1.82 bits per heavy atom. The van der Waals surface area contributed by atoms with Gasteiger partial charge in [0.25, 0.3) is 5.91 Å². The summed E-state index contributed by atoms with van der Waals surface area (Å²) in [4.78, 5) is 32.5. The number of benzene rings is 2. The lowest BCUT2D eigenvalue weighted by atomic mass is 9.95. The zero-order valence-electron chi connectivity index (χ0n) is 20.6. The zero-order chi connectivity index (χ0) is 27.3. The molecule has 3 aromatic rings. The number of rotatable bonds is 7. The standard InChI is InChI=1S/C27H27F3N4O4/c1-16(33-25(35)23-8-11-31-24(34-23)19-9-12-38-13-10-19)17-2-4-18(5-3-17)22-14-21(27(28,29)30)7-6-20(22)15-32-26(36)37/h2-8,11,14,16,19,32H,9-10,12-13,15H2,1H3,(H,33,35)(H,36,37)/t16-/m1/s1. The summed E-state index contributed by atoms with van der Waals surface area (Å²) in [6.45, 7) is 2.91. The van der Waals surface area contributed by atoms with Crippen LogP contribution in [0.3, 0.4) is 0 Å². The van der Waals surface area contributed by atoms with Crippen LogP contribution in [0.4, 0.5) is 18.0 Å². The molecule has 1 aliphatic rings. The molecule has 2 amide bonds. The summed E-state index contributed by atoms with van der Waals surface area (Å²) in [6, 6.07) is 11.0. The molecule has 1 fully saturated rings. The Balaban J connectivity index is 1.50. The molecule has 0 saturated carbocycles. The van der Waals surface area contributed by atoms with Gasteiger partial charge in [-0.25, -0.2) is 14.8 Å². The Bertz CT molecular complexity index is 1290. The largest absolute Gasteiger partial charge is 0.465 e. The van der Waals surface area contributed by atoms with Crippen molar-refractivity contribution in [2.45, 2.75) is 44.4 Å². The molecule has 3 N–H and O–H groups in total. The van der Waals surface area contributed by atoms with Gasteiger partial charge in [-0.1, -0.05) is 30.3 Å². The molecule has 1 saturated heterocycles. The van der Waals surface area contributed by atoms with Crippen LogP contribution >= 0.6 is 0 Å². The molecule has 0 radical (unpaired) electrons. The minimum absolute atomic E-state index is 0.146. The Kier molecular flexibility index (Phi) is 8.26. The third kappa shape index (κ3) is 6.65.